The zero-order valence-electron chi connectivity index (χ0n) is 11.5. The highest BCUT2D eigenvalue weighted by atomic mass is 31.1. The van der Waals surface area contributed by atoms with E-state index in [1.807, 2.05) is 0 Å². The van der Waals surface area contributed by atoms with Gasteiger partial charge in [0.2, 0.25) is 0 Å². The first-order valence-electron chi connectivity index (χ1n) is 8.10. The first-order chi connectivity index (χ1) is 8.36. The molecule has 4 bridgehead atoms. The molecule has 0 heterocycles. The van der Waals surface area contributed by atoms with Crippen molar-refractivity contribution in [2.45, 2.75) is 70.4 Å². The normalized spacial score (nSPS) is 43.9. The van der Waals surface area contributed by atoms with Crippen LogP contribution in [-0.4, -0.2) is 11.8 Å². The molecular formula is C16H29P. The second-order valence-corrected chi connectivity index (χ2v) is 8.55. The Kier molecular flexibility index (Phi) is 4.11. The van der Waals surface area contributed by atoms with Crippen molar-refractivity contribution in [1.29, 1.82) is 0 Å². The van der Waals surface area contributed by atoms with E-state index < -0.39 is 0 Å². The van der Waals surface area contributed by atoms with Gasteiger partial charge in [-0.25, -0.2) is 0 Å². The molecule has 0 nitrogen and oxygen atoms in total. The van der Waals surface area contributed by atoms with Crippen molar-refractivity contribution in [3.05, 3.63) is 0 Å². The van der Waals surface area contributed by atoms with Crippen LogP contribution in [0.5, 0.6) is 0 Å². The van der Waals surface area contributed by atoms with Gasteiger partial charge in [-0.1, -0.05) is 26.2 Å². The van der Waals surface area contributed by atoms with Crippen LogP contribution in [0, 0.1) is 23.7 Å². The summed E-state index contributed by atoms with van der Waals surface area (Å²) in [5, 5.41) is 0. The van der Waals surface area contributed by atoms with E-state index in [-0.39, 0.29) is 0 Å². The zero-order chi connectivity index (χ0) is 11.7. The van der Waals surface area contributed by atoms with Crippen molar-refractivity contribution >= 4 is 8.58 Å². The smallest absolute Gasteiger partial charge is 0.0180 e. The average molecular weight is 252 g/mol. The maximum Gasteiger partial charge on any atom is -0.0180 e. The van der Waals surface area contributed by atoms with Crippen LogP contribution in [0.1, 0.15) is 64.7 Å². The fourth-order valence-electron chi connectivity index (χ4n) is 5.08. The Labute approximate surface area is 109 Å². The van der Waals surface area contributed by atoms with Gasteiger partial charge < -0.3 is 0 Å². The van der Waals surface area contributed by atoms with Gasteiger partial charge in [0, 0.05) is 0 Å². The van der Waals surface area contributed by atoms with Gasteiger partial charge in [0.25, 0.3) is 0 Å². The molecule has 0 spiro atoms. The lowest BCUT2D eigenvalue weighted by Gasteiger charge is -2.54. The van der Waals surface area contributed by atoms with E-state index in [4.69, 9.17) is 0 Å². The van der Waals surface area contributed by atoms with Crippen LogP contribution in [0.2, 0.25) is 0 Å². The van der Waals surface area contributed by atoms with E-state index >= 15 is 0 Å². The number of hydrogen-bond donors (Lipinski definition) is 0. The standard InChI is InChI=1S/C16H29P/c1-2-3-4-5-6-17-16-14-8-12-7-13(10-14)11-15(16)9-12/h12-17H,2-11H2,1H3. The molecule has 4 rings (SSSR count). The molecule has 4 aliphatic rings. The summed E-state index contributed by atoms with van der Waals surface area (Å²) in [5.41, 5.74) is 1.18. The van der Waals surface area contributed by atoms with Crippen LogP contribution in [0.25, 0.3) is 0 Å². The second kappa shape index (κ2) is 5.60. The molecule has 98 valence electrons. The predicted molar refractivity (Wildman–Crippen MR) is 78.2 cm³/mol. The molecule has 0 radical (unpaired) electrons. The molecule has 0 aromatic rings. The van der Waals surface area contributed by atoms with Gasteiger partial charge in [-0.2, -0.15) is 0 Å². The van der Waals surface area contributed by atoms with Gasteiger partial charge in [-0.3, -0.25) is 0 Å². The summed E-state index contributed by atoms with van der Waals surface area (Å²) in [6.07, 6.45) is 15.5. The van der Waals surface area contributed by atoms with Gasteiger partial charge in [-0.15, -0.1) is 8.58 Å². The molecule has 0 aromatic heterocycles. The van der Waals surface area contributed by atoms with E-state index in [2.05, 4.69) is 6.92 Å². The molecule has 1 unspecified atom stereocenters. The van der Waals surface area contributed by atoms with Crippen molar-refractivity contribution in [2.75, 3.05) is 6.16 Å². The molecule has 0 aliphatic heterocycles. The Balaban J connectivity index is 1.44. The van der Waals surface area contributed by atoms with Crippen LogP contribution in [0.15, 0.2) is 0 Å². The summed E-state index contributed by atoms with van der Waals surface area (Å²) in [6, 6.07) is 0. The lowest BCUT2D eigenvalue weighted by molar-refractivity contribution is 0.0256. The number of unbranched alkanes of at least 4 members (excludes halogenated alkanes) is 3. The van der Waals surface area contributed by atoms with Crippen LogP contribution in [0.3, 0.4) is 0 Å². The minimum atomic E-state index is 1.17. The highest BCUT2D eigenvalue weighted by Gasteiger charge is 2.47. The first-order valence-corrected chi connectivity index (χ1v) is 9.38. The Bertz CT molecular complexity index is 220. The van der Waals surface area contributed by atoms with Gasteiger partial charge in [0.1, 0.15) is 0 Å². The third-order valence-corrected chi connectivity index (χ3v) is 7.69. The molecule has 0 amide bonds. The van der Waals surface area contributed by atoms with Crippen LogP contribution >= 0.6 is 8.58 Å². The average Bonchev–Trinajstić information content (AvgIpc) is 2.31. The van der Waals surface area contributed by atoms with Gasteiger partial charge in [0.05, 0.1) is 0 Å². The highest BCUT2D eigenvalue weighted by molar-refractivity contribution is 7.38. The Hall–Kier alpha value is 0.430. The van der Waals surface area contributed by atoms with E-state index in [9.17, 15) is 0 Å². The van der Waals surface area contributed by atoms with Crippen LogP contribution in [0.4, 0.5) is 0 Å². The largest absolute Gasteiger partial charge is 0.118 e. The maximum absolute atomic E-state index is 2.32. The van der Waals surface area contributed by atoms with E-state index in [0.29, 0.717) is 0 Å². The zero-order valence-corrected chi connectivity index (χ0v) is 12.5. The fourth-order valence-corrected chi connectivity index (χ4v) is 7.08. The number of hydrogen-bond acceptors (Lipinski definition) is 0. The molecule has 0 saturated heterocycles. The summed E-state index contributed by atoms with van der Waals surface area (Å²) in [6.45, 7) is 2.32. The van der Waals surface area contributed by atoms with Gasteiger partial charge >= 0.3 is 0 Å². The van der Waals surface area contributed by atoms with Crippen LogP contribution < -0.4 is 0 Å². The summed E-state index contributed by atoms with van der Waals surface area (Å²) < 4.78 is 0. The van der Waals surface area contributed by atoms with Crippen molar-refractivity contribution in [2.24, 2.45) is 23.7 Å². The van der Waals surface area contributed by atoms with Crippen molar-refractivity contribution in [3.63, 3.8) is 0 Å². The monoisotopic (exact) mass is 252 g/mol. The molecule has 1 atom stereocenters. The molecule has 0 aromatic carbocycles. The quantitative estimate of drug-likeness (QED) is 0.457. The first kappa shape index (κ1) is 12.5. The van der Waals surface area contributed by atoms with Crippen LogP contribution in [-0.2, 0) is 0 Å². The molecule has 0 N–H and O–H groups in total. The van der Waals surface area contributed by atoms with Gasteiger partial charge in [0.15, 0.2) is 0 Å². The third-order valence-electron chi connectivity index (χ3n) is 5.64. The Morgan fingerprint density at radius 3 is 2.06 bits per heavy atom. The SMILES string of the molecule is CCCCCCPC1C2CC3CC(C2)CC1C3. The second-order valence-electron chi connectivity index (χ2n) is 6.97. The Morgan fingerprint density at radius 1 is 0.824 bits per heavy atom. The lowest BCUT2D eigenvalue weighted by Crippen LogP contribution is -2.46. The highest BCUT2D eigenvalue weighted by Crippen LogP contribution is 2.58. The summed E-state index contributed by atoms with van der Waals surface area (Å²) in [4.78, 5) is 0. The lowest BCUT2D eigenvalue weighted by atomic mass is 9.56. The van der Waals surface area contributed by atoms with Crippen molar-refractivity contribution in [3.8, 4) is 0 Å². The van der Waals surface area contributed by atoms with E-state index in [1.54, 1.807) is 38.3 Å². The fraction of sp³-hybridized carbons (Fsp3) is 1.00. The predicted octanol–water partition coefficient (Wildman–Crippen LogP) is 5.07. The summed E-state index contributed by atoms with van der Waals surface area (Å²) in [5.74, 6) is 4.68. The minimum absolute atomic E-state index is 1.17. The molecule has 1 heteroatoms. The van der Waals surface area contributed by atoms with E-state index in [0.717, 1.165) is 0 Å². The molecule has 4 aliphatic carbocycles. The summed E-state index contributed by atoms with van der Waals surface area (Å²) >= 11 is 0. The van der Waals surface area contributed by atoms with Crippen molar-refractivity contribution in [1.82, 2.24) is 0 Å². The molecule has 4 fully saturated rings. The van der Waals surface area contributed by atoms with Gasteiger partial charge in [-0.05, 0) is 74.0 Å². The number of rotatable bonds is 6. The van der Waals surface area contributed by atoms with E-state index in [1.165, 1.54) is 63.6 Å². The molecule has 17 heavy (non-hydrogen) atoms. The molecular weight excluding hydrogens is 223 g/mol. The van der Waals surface area contributed by atoms with Crippen molar-refractivity contribution < 1.29 is 0 Å². The molecule has 4 saturated carbocycles. The maximum atomic E-state index is 2.32. The third kappa shape index (κ3) is 2.73. The Morgan fingerprint density at radius 2 is 1.47 bits per heavy atom. The summed E-state index contributed by atoms with van der Waals surface area (Å²) in [7, 11) is 1.32. The topological polar surface area (TPSA) is 0 Å². The minimum Gasteiger partial charge on any atom is -0.118 e.